The van der Waals surface area contributed by atoms with Gasteiger partial charge in [0.15, 0.2) is 0 Å². The second-order valence-corrected chi connectivity index (χ2v) is 4.35. The smallest absolute Gasteiger partial charge is 0.348 e. The van der Waals surface area contributed by atoms with E-state index in [4.69, 9.17) is 0 Å². The molecule has 2 aromatic carbocycles. The number of carbonyl (C=O) groups excluding carboxylic acids is 1. The Balaban J connectivity index is 2.12. The normalized spacial score (nSPS) is 11.2. The lowest BCUT2D eigenvalue weighted by atomic mass is 10.1. The first-order chi connectivity index (χ1) is 9.88. The van der Waals surface area contributed by atoms with E-state index in [2.05, 4.69) is 5.32 Å². The largest absolute Gasteiger partial charge is 0.417 e. The van der Waals surface area contributed by atoms with Gasteiger partial charge in [0.05, 0.1) is 11.1 Å². The minimum absolute atomic E-state index is 0.0192. The molecule has 1 N–H and O–H groups in total. The van der Waals surface area contributed by atoms with Crippen molar-refractivity contribution < 1.29 is 22.4 Å². The van der Waals surface area contributed by atoms with Gasteiger partial charge in [0.2, 0.25) is 0 Å². The topological polar surface area (TPSA) is 29.1 Å². The fourth-order valence-corrected chi connectivity index (χ4v) is 1.81. The summed E-state index contributed by atoms with van der Waals surface area (Å²) in [5, 5.41) is 2.39. The number of hydrogen-bond donors (Lipinski definition) is 1. The van der Waals surface area contributed by atoms with Crippen LogP contribution in [0, 0.1) is 5.82 Å². The Morgan fingerprint density at radius 1 is 1.00 bits per heavy atom. The van der Waals surface area contributed by atoms with E-state index in [1.54, 1.807) is 0 Å². The molecule has 0 aliphatic rings. The Morgan fingerprint density at radius 3 is 2.24 bits per heavy atom. The van der Waals surface area contributed by atoms with Crippen LogP contribution in [0.1, 0.15) is 21.5 Å². The van der Waals surface area contributed by atoms with E-state index in [0.29, 0.717) is 5.56 Å². The summed E-state index contributed by atoms with van der Waals surface area (Å²) in [7, 11) is 0. The standard InChI is InChI=1S/C15H11F4NO/c16-11-7-5-10(6-8-11)9-20-14(21)12-3-1-2-4-13(12)15(17,18)19/h1-8H,9H2,(H,20,21). The molecule has 2 aromatic rings. The van der Waals surface area contributed by atoms with Crippen molar-refractivity contribution in [3.05, 3.63) is 71.0 Å². The number of rotatable bonds is 3. The van der Waals surface area contributed by atoms with Crippen molar-refractivity contribution in [2.24, 2.45) is 0 Å². The molecule has 0 spiro atoms. The van der Waals surface area contributed by atoms with Crippen molar-refractivity contribution in [1.82, 2.24) is 5.32 Å². The van der Waals surface area contributed by atoms with E-state index in [0.717, 1.165) is 12.1 Å². The molecule has 0 saturated carbocycles. The molecule has 21 heavy (non-hydrogen) atoms. The fraction of sp³-hybridized carbons (Fsp3) is 0.133. The van der Waals surface area contributed by atoms with Crippen molar-refractivity contribution in [3.8, 4) is 0 Å². The molecule has 0 aliphatic heterocycles. The molecule has 0 heterocycles. The van der Waals surface area contributed by atoms with Crippen LogP contribution >= 0.6 is 0 Å². The van der Waals surface area contributed by atoms with Gasteiger partial charge >= 0.3 is 6.18 Å². The van der Waals surface area contributed by atoms with E-state index < -0.39 is 29.0 Å². The summed E-state index contributed by atoms with van der Waals surface area (Å²) in [6.07, 6.45) is -4.59. The molecule has 0 atom stereocenters. The zero-order chi connectivity index (χ0) is 15.5. The minimum atomic E-state index is -4.59. The van der Waals surface area contributed by atoms with Gasteiger partial charge in [-0.1, -0.05) is 24.3 Å². The zero-order valence-electron chi connectivity index (χ0n) is 10.7. The fourth-order valence-electron chi connectivity index (χ4n) is 1.81. The minimum Gasteiger partial charge on any atom is -0.348 e. The number of benzene rings is 2. The first-order valence-corrected chi connectivity index (χ1v) is 6.07. The number of amides is 1. The third-order valence-electron chi connectivity index (χ3n) is 2.84. The third kappa shape index (κ3) is 3.81. The predicted octanol–water partition coefficient (Wildman–Crippen LogP) is 3.77. The molecule has 0 fully saturated rings. The molecule has 0 aliphatic carbocycles. The number of alkyl halides is 3. The van der Waals surface area contributed by atoms with Gasteiger partial charge < -0.3 is 5.32 Å². The monoisotopic (exact) mass is 297 g/mol. The predicted molar refractivity (Wildman–Crippen MR) is 69.0 cm³/mol. The first-order valence-electron chi connectivity index (χ1n) is 6.07. The average Bonchev–Trinajstić information content (AvgIpc) is 2.45. The Hall–Kier alpha value is -2.37. The summed E-state index contributed by atoms with van der Waals surface area (Å²) in [5.41, 5.74) is -0.831. The van der Waals surface area contributed by atoms with Crippen molar-refractivity contribution >= 4 is 5.91 Å². The maximum atomic E-state index is 12.8. The molecule has 2 nitrogen and oxygen atoms in total. The maximum Gasteiger partial charge on any atom is 0.417 e. The highest BCUT2D eigenvalue weighted by Crippen LogP contribution is 2.31. The van der Waals surface area contributed by atoms with Crippen LogP contribution < -0.4 is 5.32 Å². The molecule has 6 heteroatoms. The summed E-state index contributed by atoms with van der Waals surface area (Å²) in [6.45, 7) is 0.0192. The number of carbonyl (C=O) groups is 1. The first kappa shape index (κ1) is 15.0. The van der Waals surface area contributed by atoms with Crippen LogP contribution in [0.25, 0.3) is 0 Å². The van der Waals surface area contributed by atoms with E-state index in [1.807, 2.05) is 0 Å². The van der Waals surface area contributed by atoms with Crippen LogP contribution in [-0.4, -0.2) is 5.91 Å². The molecule has 2 rings (SSSR count). The van der Waals surface area contributed by atoms with Gasteiger partial charge in [-0.2, -0.15) is 13.2 Å². The quantitative estimate of drug-likeness (QED) is 0.858. The lowest BCUT2D eigenvalue weighted by molar-refractivity contribution is -0.137. The van der Waals surface area contributed by atoms with Crippen LogP contribution in [0.4, 0.5) is 17.6 Å². The van der Waals surface area contributed by atoms with Crippen molar-refractivity contribution in [1.29, 1.82) is 0 Å². The van der Waals surface area contributed by atoms with Crippen LogP contribution in [0.2, 0.25) is 0 Å². The highest BCUT2D eigenvalue weighted by Gasteiger charge is 2.34. The van der Waals surface area contributed by atoms with E-state index >= 15 is 0 Å². The van der Waals surface area contributed by atoms with Gasteiger partial charge in [0.25, 0.3) is 5.91 Å². The molecular formula is C15H11F4NO. The molecule has 0 aromatic heterocycles. The number of halogens is 4. The van der Waals surface area contributed by atoms with Crippen LogP contribution in [0.5, 0.6) is 0 Å². The van der Waals surface area contributed by atoms with Gasteiger partial charge in [0.1, 0.15) is 5.82 Å². The second-order valence-electron chi connectivity index (χ2n) is 4.35. The SMILES string of the molecule is O=C(NCc1ccc(F)cc1)c1ccccc1C(F)(F)F. The molecule has 110 valence electrons. The Kier molecular flexibility index (Phi) is 4.26. The average molecular weight is 297 g/mol. The van der Waals surface area contributed by atoms with E-state index in [1.165, 1.54) is 36.4 Å². The Morgan fingerprint density at radius 2 is 1.62 bits per heavy atom. The summed E-state index contributed by atoms with van der Waals surface area (Å²) in [5.74, 6) is -1.25. The molecule has 0 saturated heterocycles. The summed E-state index contributed by atoms with van der Waals surface area (Å²) >= 11 is 0. The highest BCUT2D eigenvalue weighted by atomic mass is 19.4. The van der Waals surface area contributed by atoms with E-state index in [-0.39, 0.29) is 6.54 Å². The molecule has 0 bridgehead atoms. The number of nitrogens with one attached hydrogen (secondary N) is 1. The molecular weight excluding hydrogens is 286 g/mol. The lowest BCUT2D eigenvalue weighted by Gasteiger charge is -2.12. The summed E-state index contributed by atoms with van der Waals surface area (Å²) in [6, 6.07) is 9.88. The van der Waals surface area contributed by atoms with Gasteiger partial charge in [-0.25, -0.2) is 4.39 Å². The van der Waals surface area contributed by atoms with Crippen molar-refractivity contribution in [3.63, 3.8) is 0 Å². The second kappa shape index (κ2) is 5.95. The van der Waals surface area contributed by atoms with Crippen LogP contribution in [0.15, 0.2) is 48.5 Å². The summed E-state index contributed by atoms with van der Waals surface area (Å²) in [4.78, 5) is 11.9. The van der Waals surface area contributed by atoms with E-state index in [9.17, 15) is 22.4 Å². The summed E-state index contributed by atoms with van der Waals surface area (Å²) < 4.78 is 51.1. The van der Waals surface area contributed by atoms with Crippen molar-refractivity contribution in [2.75, 3.05) is 0 Å². The maximum absolute atomic E-state index is 12.8. The molecule has 0 unspecified atom stereocenters. The molecule has 1 amide bonds. The van der Waals surface area contributed by atoms with Gasteiger partial charge in [-0.3, -0.25) is 4.79 Å². The van der Waals surface area contributed by atoms with Crippen LogP contribution in [-0.2, 0) is 12.7 Å². The Labute approximate surface area is 118 Å². The third-order valence-corrected chi connectivity index (χ3v) is 2.84. The zero-order valence-corrected chi connectivity index (χ0v) is 10.7. The van der Waals surface area contributed by atoms with Crippen molar-refractivity contribution in [2.45, 2.75) is 12.7 Å². The number of hydrogen-bond acceptors (Lipinski definition) is 1. The van der Waals surface area contributed by atoms with Gasteiger partial charge in [-0.15, -0.1) is 0 Å². The van der Waals surface area contributed by atoms with Crippen LogP contribution in [0.3, 0.4) is 0 Å². The molecule has 0 radical (unpaired) electrons. The van der Waals surface area contributed by atoms with Gasteiger partial charge in [0, 0.05) is 6.54 Å². The lowest BCUT2D eigenvalue weighted by Crippen LogP contribution is -2.25. The van der Waals surface area contributed by atoms with Gasteiger partial charge in [-0.05, 0) is 29.8 Å². The highest BCUT2D eigenvalue weighted by molar-refractivity contribution is 5.95. The Bertz CT molecular complexity index is 635.